The largest absolute Gasteiger partial charge is 0.381 e. The lowest BCUT2D eigenvalue weighted by molar-refractivity contribution is -0.0163. The number of rotatable bonds is 3. The molecule has 6 heteroatoms. The first-order valence-corrected chi connectivity index (χ1v) is 9.71. The van der Waals surface area contributed by atoms with Crippen molar-refractivity contribution in [3.8, 4) is 0 Å². The SMILES string of the molecule is CN=C(NCC1(N2CCCC2)CCOCC1)N1CCc2ccccc21.I. The fourth-order valence-corrected chi connectivity index (χ4v) is 4.64. The molecule has 0 radical (unpaired) electrons. The average Bonchev–Trinajstić information content (AvgIpc) is 3.34. The monoisotopic (exact) mass is 470 g/mol. The Labute approximate surface area is 174 Å². The number of hydrogen-bond donors (Lipinski definition) is 1. The second-order valence-electron chi connectivity index (χ2n) is 7.46. The highest BCUT2D eigenvalue weighted by atomic mass is 127. The molecule has 0 amide bonds. The molecule has 0 unspecified atom stereocenters. The highest BCUT2D eigenvalue weighted by Gasteiger charge is 2.40. The van der Waals surface area contributed by atoms with Gasteiger partial charge in [-0.3, -0.25) is 9.89 Å². The Balaban J connectivity index is 0.00000196. The maximum atomic E-state index is 5.67. The molecular formula is C20H31IN4O. The summed E-state index contributed by atoms with van der Waals surface area (Å²) in [7, 11) is 1.90. The van der Waals surface area contributed by atoms with Gasteiger partial charge in [-0.2, -0.15) is 0 Å². The van der Waals surface area contributed by atoms with Crippen molar-refractivity contribution in [2.24, 2.45) is 4.99 Å². The zero-order valence-electron chi connectivity index (χ0n) is 15.7. The zero-order valence-corrected chi connectivity index (χ0v) is 18.1. The van der Waals surface area contributed by atoms with Crippen LogP contribution in [0.1, 0.15) is 31.2 Å². The first-order valence-electron chi connectivity index (χ1n) is 9.71. The van der Waals surface area contributed by atoms with Crippen LogP contribution in [0, 0.1) is 0 Å². The molecular weight excluding hydrogens is 439 g/mol. The summed E-state index contributed by atoms with van der Waals surface area (Å²) in [5, 5.41) is 3.72. The molecule has 5 nitrogen and oxygen atoms in total. The number of aliphatic imine (C=N–C) groups is 1. The van der Waals surface area contributed by atoms with Gasteiger partial charge in [0.05, 0.1) is 0 Å². The summed E-state index contributed by atoms with van der Waals surface area (Å²) in [5.41, 5.74) is 2.95. The lowest BCUT2D eigenvalue weighted by Crippen LogP contribution is -2.59. The van der Waals surface area contributed by atoms with Gasteiger partial charge in [0.1, 0.15) is 0 Å². The molecule has 3 aliphatic heterocycles. The maximum absolute atomic E-state index is 5.67. The van der Waals surface area contributed by atoms with Crippen LogP contribution in [0.3, 0.4) is 0 Å². The quantitative estimate of drug-likeness (QED) is 0.419. The molecule has 1 N–H and O–H groups in total. The predicted molar refractivity (Wildman–Crippen MR) is 118 cm³/mol. The molecule has 26 heavy (non-hydrogen) atoms. The Bertz CT molecular complexity index is 624. The predicted octanol–water partition coefficient (Wildman–Crippen LogP) is 2.89. The Morgan fingerprint density at radius 1 is 1.15 bits per heavy atom. The molecule has 0 aliphatic carbocycles. The second-order valence-corrected chi connectivity index (χ2v) is 7.46. The average molecular weight is 470 g/mol. The number of para-hydroxylation sites is 1. The van der Waals surface area contributed by atoms with Crippen molar-refractivity contribution >= 4 is 35.6 Å². The Kier molecular flexibility index (Phi) is 6.80. The molecule has 3 aliphatic rings. The number of nitrogens with zero attached hydrogens (tertiary/aromatic N) is 3. The third kappa shape index (κ3) is 3.87. The fraction of sp³-hybridized carbons (Fsp3) is 0.650. The van der Waals surface area contributed by atoms with Crippen LogP contribution in [0.5, 0.6) is 0 Å². The van der Waals surface area contributed by atoms with Crippen molar-refractivity contribution in [2.45, 2.75) is 37.6 Å². The minimum absolute atomic E-state index is 0. The van der Waals surface area contributed by atoms with Crippen LogP contribution >= 0.6 is 24.0 Å². The molecule has 2 saturated heterocycles. The first kappa shape index (κ1) is 19.9. The van der Waals surface area contributed by atoms with E-state index in [-0.39, 0.29) is 29.5 Å². The third-order valence-electron chi connectivity index (χ3n) is 6.13. The van der Waals surface area contributed by atoms with Crippen LogP contribution in [0.25, 0.3) is 0 Å². The normalized spacial score (nSPS) is 22.8. The van der Waals surface area contributed by atoms with E-state index >= 15 is 0 Å². The third-order valence-corrected chi connectivity index (χ3v) is 6.13. The van der Waals surface area contributed by atoms with Gasteiger partial charge in [-0.25, -0.2) is 0 Å². The number of benzene rings is 1. The van der Waals surface area contributed by atoms with Crippen molar-refractivity contribution in [3.05, 3.63) is 29.8 Å². The van der Waals surface area contributed by atoms with Gasteiger partial charge in [-0.1, -0.05) is 18.2 Å². The number of guanidine groups is 1. The first-order chi connectivity index (χ1) is 12.3. The number of ether oxygens (including phenoxy) is 1. The van der Waals surface area contributed by atoms with E-state index in [0.717, 1.165) is 51.5 Å². The highest BCUT2D eigenvalue weighted by molar-refractivity contribution is 14.0. The number of fused-ring (bicyclic) bond motifs is 1. The number of hydrogen-bond acceptors (Lipinski definition) is 3. The fourth-order valence-electron chi connectivity index (χ4n) is 4.64. The summed E-state index contributed by atoms with van der Waals surface area (Å²) >= 11 is 0. The molecule has 2 fully saturated rings. The lowest BCUT2D eigenvalue weighted by atomic mass is 9.88. The van der Waals surface area contributed by atoms with Crippen molar-refractivity contribution < 1.29 is 4.74 Å². The van der Waals surface area contributed by atoms with Crippen molar-refractivity contribution in [3.63, 3.8) is 0 Å². The molecule has 3 heterocycles. The van der Waals surface area contributed by atoms with E-state index in [9.17, 15) is 0 Å². The van der Waals surface area contributed by atoms with Crippen LogP contribution < -0.4 is 10.2 Å². The van der Waals surface area contributed by atoms with E-state index < -0.39 is 0 Å². The van der Waals surface area contributed by atoms with Crippen LogP contribution in [-0.4, -0.2) is 62.8 Å². The van der Waals surface area contributed by atoms with Gasteiger partial charge in [-0.05, 0) is 56.8 Å². The molecule has 1 aromatic carbocycles. The number of likely N-dealkylation sites (tertiary alicyclic amines) is 1. The van der Waals surface area contributed by atoms with E-state index in [1.807, 2.05) is 7.05 Å². The molecule has 0 spiro atoms. The zero-order chi connectivity index (χ0) is 17.1. The molecule has 0 aromatic heterocycles. The van der Waals surface area contributed by atoms with Gasteiger partial charge in [-0.15, -0.1) is 24.0 Å². The summed E-state index contributed by atoms with van der Waals surface area (Å²) in [6.07, 6.45) is 6.00. The van der Waals surface area contributed by atoms with E-state index in [1.54, 1.807) is 0 Å². The van der Waals surface area contributed by atoms with Crippen LogP contribution in [0.4, 0.5) is 5.69 Å². The maximum Gasteiger partial charge on any atom is 0.198 e. The van der Waals surface area contributed by atoms with Gasteiger partial charge in [0.25, 0.3) is 0 Å². The van der Waals surface area contributed by atoms with Crippen molar-refractivity contribution in [1.82, 2.24) is 10.2 Å². The Morgan fingerprint density at radius 2 is 1.88 bits per heavy atom. The number of halogens is 1. The molecule has 0 saturated carbocycles. The summed E-state index contributed by atoms with van der Waals surface area (Å²) in [6.45, 7) is 6.19. The Hall–Kier alpha value is -0.860. The standard InChI is InChI=1S/C20H30N4O.HI/c1-21-19(24-13-8-17-6-2-3-7-18(17)24)22-16-20(9-14-25-15-10-20)23-11-4-5-12-23;/h2-3,6-7H,4-5,8-16H2,1H3,(H,21,22);1H. The highest BCUT2D eigenvalue weighted by Crippen LogP contribution is 2.31. The second kappa shape index (κ2) is 8.89. The summed E-state index contributed by atoms with van der Waals surface area (Å²) in [5.74, 6) is 1.01. The van der Waals surface area contributed by atoms with Crippen molar-refractivity contribution in [1.29, 1.82) is 0 Å². The molecule has 144 valence electrons. The van der Waals surface area contributed by atoms with Gasteiger partial charge in [0, 0.05) is 44.6 Å². The molecule has 0 atom stereocenters. The minimum atomic E-state index is 0. The van der Waals surface area contributed by atoms with Gasteiger partial charge in [0.2, 0.25) is 0 Å². The smallest absolute Gasteiger partial charge is 0.198 e. The Morgan fingerprint density at radius 3 is 2.62 bits per heavy atom. The van der Waals surface area contributed by atoms with Crippen molar-refractivity contribution in [2.75, 3.05) is 51.3 Å². The summed E-state index contributed by atoms with van der Waals surface area (Å²) in [4.78, 5) is 9.63. The van der Waals surface area contributed by atoms with E-state index in [2.05, 4.69) is 44.4 Å². The summed E-state index contributed by atoms with van der Waals surface area (Å²) in [6, 6.07) is 8.68. The van der Waals surface area contributed by atoms with Gasteiger partial charge < -0.3 is 15.0 Å². The molecule has 0 bridgehead atoms. The lowest BCUT2D eigenvalue weighted by Gasteiger charge is -2.45. The van der Waals surface area contributed by atoms with E-state index in [0.29, 0.717) is 0 Å². The van der Waals surface area contributed by atoms with Crippen LogP contribution in [0.15, 0.2) is 29.3 Å². The van der Waals surface area contributed by atoms with Crippen LogP contribution in [0.2, 0.25) is 0 Å². The molecule has 1 aromatic rings. The molecule has 4 rings (SSSR count). The van der Waals surface area contributed by atoms with E-state index in [4.69, 9.17) is 4.74 Å². The number of anilines is 1. The summed E-state index contributed by atoms with van der Waals surface area (Å²) < 4.78 is 5.67. The topological polar surface area (TPSA) is 40.1 Å². The van der Waals surface area contributed by atoms with Gasteiger partial charge in [0.15, 0.2) is 5.96 Å². The number of nitrogens with one attached hydrogen (secondary N) is 1. The minimum Gasteiger partial charge on any atom is -0.381 e. The van der Waals surface area contributed by atoms with Crippen LogP contribution in [-0.2, 0) is 11.2 Å². The van der Waals surface area contributed by atoms with E-state index in [1.165, 1.54) is 37.2 Å². The van der Waals surface area contributed by atoms with Gasteiger partial charge >= 0.3 is 0 Å².